The van der Waals surface area contributed by atoms with Crippen molar-refractivity contribution in [1.82, 2.24) is 0 Å². The van der Waals surface area contributed by atoms with E-state index in [2.05, 4.69) is 45.9 Å². The number of hydrogen-bond acceptors (Lipinski definition) is 3. The van der Waals surface area contributed by atoms with Crippen LogP contribution < -0.4 is 0 Å². The Hall–Kier alpha value is -1.09. The van der Waals surface area contributed by atoms with E-state index < -0.39 is 0 Å². The molecule has 4 aliphatic rings. The van der Waals surface area contributed by atoms with Gasteiger partial charge in [-0.05, 0) is 130 Å². The van der Waals surface area contributed by atoms with E-state index in [0.717, 1.165) is 61.7 Å². The van der Waals surface area contributed by atoms with Crippen LogP contribution in [-0.2, 0) is 9.53 Å². The number of fused-ring (bicyclic) bond motifs is 5. The molecule has 3 fully saturated rings. The number of aliphatic hydroxyl groups is 1. The van der Waals surface area contributed by atoms with Gasteiger partial charge in [0.2, 0.25) is 0 Å². The van der Waals surface area contributed by atoms with Gasteiger partial charge >= 0.3 is 5.97 Å². The van der Waals surface area contributed by atoms with E-state index in [1.165, 1.54) is 116 Å². The van der Waals surface area contributed by atoms with Crippen molar-refractivity contribution in [2.75, 3.05) is 6.61 Å². The van der Waals surface area contributed by atoms with Gasteiger partial charge in [-0.3, -0.25) is 4.79 Å². The third-order valence-corrected chi connectivity index (χ3v) is 13.6. The van der Waals surface area contributed by atoms with Crippen molar-refractivity contribution in [3.8, 4) is 0 Å². The van der Waals surface area contributed by atoms with Crippen LogP contribution >= 0.6 is 0 Å². The summed E-state index contributed by atoms with van der Waals surface area (Å²) >= 11 is 0. The van der Waals surface area contributed by atoms with Gasteiger partial charge < -0.3 is 9.84 Å². The van der Waals surface area contributed by atoms with Crippen LogP contribution in [0.2, 0.25) is 0 Å². The second-order valence-corrected chi connectivity index (χ2v) is 16.5. The standard InChI is InChI=1S/C42H72O3/c1-5-6-7-8-9-10-11-12-13-14-15-16-17-18-19-22-40(44)45-35-27-29-41(3)34(32-35)23-24-36-38-26-25-37(33(2)21-20-31-43)42(38,4)30-28-39(36)41/h12-13,23,33,35-39,43H,5-11,14-22,24-32H2,1-4H3/t33?,35-,36?,37?,38?,39?,41-,42+/m0/s1. The molecular weight excluding hydrogens is 552 g/mol. The fraction of sp³-hybridized carbons (Fsp3) is 0.881. The number of rotatable bonds is 20. The highest BCUT2D eigenvalue weighted by Crippen LogP contribution is 2.67. The number of carbonyl (C=O) groups excluding carboxylic acids is 1. The largest absolute Gasteiger partial charge is 0.462 e. The summed E-state index contributed by atoms with van der Waals surface area (Å²) in [4.78, 5) is 12.8. The topological polar surface area (TPSA) is 46.5 Å². The first-order valence-electron chi connectivity index (χ1n) is 20.0. The molecule has 258 valence electrons. The minimum absolute atomic E-state index is 0.0382. The molecule has 3 saturated carbocycles. The highest BCUT2D eigenvalue weighted by molar-refractivity contribution is 5.69. The summed E-state index contributed by atoms with van der Waals surface area (Å²) in [5.74, 6) is 4.07. The average Bonchev–Trinajstić information content (AvgIpc) is 3.39. The van der Waals surface area contributed by atoms with Crippen LogP contribution in [0.1, 0.15) is 182 Å². The summed E-state index contributed by atoms with van der Waals surface area (Å²) in [5, 5.41) is 9.40. The molecular formula is C42H72O3. The Kier molecular flexibility index (Phi) is 15.1. The summed E-state index contributed by atoms with van der Waals surface area (Å²) in [5.41, 5.74) is 2.40. The molecule has 8 atom stereocenters. The summed E-state index contributed by atoms with van der Waals surface area (Å²) in [6, 6.07) is 0. The molecule has 3 heteroatoms. The van der Waals surface area contributed by atoms with Gasteiger partial charge in [0.05, 0.1) is 0 Å². The molecule has 0 radical (unpaired) electrons. The van der Waals surface area contributed by atoms with E-state index in [-0.39, 0.29) is 12.1 Å². The molecule has 1 N–H and O–H groups in total. The van der Waals surface area contributed by atoms with Gasteiger partial charge in [-0.15, -0.1) is 0 Å². The average molecular weight is 625 g/mol. The number of carbonyl (C=O) groups is 1. The second kappa shape index (κ2) is 18.5. The smallest absolute Gasteiger partial charge is 0.306 e. The van der Waals surface area contributed by atoms with Crippen molar-refractivity contribution >= 4 is 5.97 Å². The maximum Gasteiger partial charge on any atom is 0.306 e. The van der Waals surface area contributed by atoms with Crippen LogP contribution in [0.25, 0.3) is 0 Å². The third kappa shape index (κ3) is 9.73. The van der Waals surface area contributed by atoms with Gasteiger partial charge in [-0.1, -0.05) is 103 Å². The first kappa shape index (κ1) is 36.7. The number of aliphatic hydroxyl groups excluding tert-OH is 1. The van der Waals surface area contributed by atoms with E-state index in [9.17, 15) is 9.90 Å². The predicted molar refractivity (Wildman–Crippen MR) is 190 cm³/mol. The molecule has 3 nitrogen and oxygen atoms in total. The predicted octanol–water partition coefficient (Wildman–Crippen LogP) is 11.9. The Morgan fingerprint density at radius 3 is 2.29 bits per heavy atom. The maximum absolute atomic E-state index is 12.8. The molecule has 0 aromatic heterocycles. The Morgan fingerprint density at radius 2 is 1.58 bits per heavy atom. The Labute approximate surface area is 278 Å². The molecule has 0 saturated heterocycles. The van der Waals surface area contributed by atoms with Crippen LogP contribution in [0.4, 0.5) is 0 Å². The molecule has 4 aliphatic carbocycles. The minimum atomic E-state index is 0.0382. The quantitative estimate of drug-likeness (QED) is 0.0832. The molecule has 0 bridgehead atoms. The maximum atomic E-state index is 12.8. The zero-order valence-corrected chi connectivity index (χ0v) is 30.1. The molecule has 0 aliphatic heterocycles. The lowest BCUT2D eigenvalue weighted by Crippen LogP contribution is -2.51. The fourth-order valence-electron chi connectivity index (χ4n) is 10.9. The van der Waals surface area contributed by atoms with Gasteiger partial charge in [-0.2, -0.15) is 0 Å². The zero-order chi connectivity index (χ0) is 32.1. The molecule has 0 aromatic rings. The lowest BCUT2D eigenvalue weighted by Gasteiger charge is -2.58. The summed E-state index contributed by atoms with van der Waals surface area (Å²) in [6.07, 6.45) is 36.8. The number of unbranched alkanes of at least 4 members (excludes halogenated alkanes) is 11. The van der Waals surface area contributed by atoms with Gasteiger partial charge in [0, 0.05) is 19.4 Å². The van der Waals surface area contributed by atoms with E-state index in [4.69, 9.17) is 4.74 Å². The highest BCUT2D eigenvalue weighted by Gasteiger charge is 2.59. The lowest BCUT2D eigenvalue weighted by atomic mass is 9.47. The van der Waals surface area contributed by atoms with Crippen molar-refractivity contribution < 1.29 is 14.6 Å². The molecule has 4 rings (SSSR count). The van der Waals surface area contributed by atoms with Crippen LogP contribution in [0.5, 0.6) is 0 Å². The first-order valence-corrected chi connectivity index (χ1v) is 20.0. The summed E-state index contributed by atoms with van der Waals surface area (Å²) in [7, 11) is 0. The van der Waals surface area contributed by atoms with E-state index in [0.29, 0.717) is 23.9 Å². The number of esters is 1. The van der Waals surface area contributed by atoms with E-state index in [1.807, 2.05) is 0 Å². The van der Waals surface area contributed by atoms with Crippen molar-refractivity contribution in [1.29, 1.82) is 0 Å². The van der Waals surface area contributed by atoms with E-state index >= 15 is 0 Å². The van der Waals surface area contributed by atoms with Crippen molar-refractivity contribution in [3.05, 3.63) is 23.8 Å². The Balaban J connectivity index is 1.11. The monoisotopic (exact) mass is 625 g/mol. The van der Waals surface area contributed by atoms with Crippen molar-refractivity contribution in [3.63, 3.8) is 0 Å². The Bertz CT molecular complexity index is 936. The normalized spacial score (nSPS) is 33.4. The van der Waals surface area contributed by atoms with Gasteiger partial charge in [0.15, 0.2) is 0 Å². The summed E-state index contributed by atoms with van der Waals surface area (Å²) in [6.45, 7) is 10.3. The second-order valence-electron chi connectivity index (χ2n) is 16.5. The van der Waals surface area contributed by atoms with Gasteiger partial charge in [-0.25, -0.2) is 0 Å². The van der Waals surface area contributed by atoms with Crippen molar-refractivity contribution in [2.24, 2.45) is 40.4 Å². The molecule has 0 heterocycles. The number of allylic oxidation sites excluding steroid dienone is 3. The van der Waals surface area contributed by atoms with Crippen LogP contribution in [0.3, 0.4) is 0 Å². The molecule has 0 aromatic carbocycles. The Morgan fingerprint density at radius 1 is 0.889 bits per heavy atom. The highest BCUT2D eigenvalue weighted by atomic mass is 16.5. The first-order chi connectivity index (χ1) is 21.8. The molecule has 0 spiro atoms. The van der Waals surface area contributed by atoms with Crippen molar-refractivity contribution in [2.45, 2.75) is 188 Å². The third-order valence-electron chi connectivity index (χ3n) is 13.6. The van der Waals surface area contributed by atoms with Crippen LogP contribution in [0.15, 0.2) is 23.8 Å². The van der Waals surface area contributed by atoms with Crippen LogP contribution in [0, 0.1) is 40.4 Å². The van der Waals surface area contributed by atoms with Gasteiger partial charge in [0.1, 0.15) is 6.10 Å². The van der Waals surface area contributed by atoms with Crippen LogP contribution in [-0.4, -0.2) is 23.8 Å². The van der Waals surface area contributed by atoms with Gasteiger partial charge in [0.25, 0.3) is 0 Å². The lowest BCUT2D eigenvalue weighted by molar-refractivity contribution is -0.151. The SMILES string of the molecule is CCCCCCCCC=CCCCCCCCC(=O)O[C@H]1CC[C@@]2(C)C(=CCC3C4CCC(C(C)CCCO)[C@@]4(C)CCC32)C1. The summed E-state index contributed by atoms with van der Waals surface area (Å²) < 4.78 is 6.09. The molecule has 45 heavy (non-hydrogen) atoms. The molecule has 0 amide bonds. The number of hydrogen-bond donors (Lipinski definition) is 1. The molecule has 5 unspecified atom stereocenters. The number of ether oxygens (including phenoxy) is 1. The zero-order valence-electron chi connectivity index (χ0n) is 30.1. The minimum Gasteiger partial charge on any atom is -0.462 e. The fourth-order valence-corrected chi connectivity index (χ4v) is 10.9. The van der Waals surface area contributed by atoms with E-state index in [1.54, 1.807) is 5.57 Å².